The lowest BCUT2D eigenvalue weighted by molar-refractivity contribution is -0.148. The van der Waals surface area contributed by atoms with Crippen molar-refractivity contribution in [3.63, 3.8) is 0 Å². The number of rotatable bonds is 8. The molecule has 0 radical (unpaired) electrons. The van der Waals surface area contributed by atoms with Crippen LogP contribution in [0, 0.1) is 0 Å². The van der Waals surface area contributed by atoms with Gasteiger partial charge in [0.2, 0.25) is 0 Å². The van der Waals surface area contributed by atoms with Crippen molar-refractivity contribution < 1.29 is 14.0 Å². The van der Waals surface area contributed by atoms with Gasteiger partial charge in [-0.1, -0.05) is 47.1 Å². The molecule has 0 unspecified atom stereocenters. The first-order valence-electron chi connectivity index (χ1n) is 8.87. The lowest BCUT2D eigenvalue weighted by atomic mass is 10.2. The van der Waals surface area contributed by atoms with Gasteiger partial charge in [-0.2, -0.15) is 0 Å². The summed E-state index contributed by atoms with van der Waals surface area (Å²) in [5, 5.41) is 0. The molecule has 0 aliphatic rings. The zero-order valence-corrected chi connectivity index (χ0v) is 17.9. The van der Waals surface area contributed by atoms with Crippen LogP contribution in [-0.2, 0) is 14.0 Å². The maximum absolute atomic E-state index is 11.8. The third-order valence-corrected chi connectivity index (χ3v) is 10.4. The molecule has 0 bridgehead atoms. The Hall–Kier alpha value is -0.613. The minimum absolute atomic E-state index is 0.268. The molecule has 0 spiro atoms. The summed E-state index contributed by atoms with van der Waals surface area (Å²) >= 11 is 0. The van der Waals surface area contributed by atoms with Crippen LogP contribution in [0.3, 0.4) is 0 Å². The minimum Gasteiger partial charge on any atom is -0.457 e. The molecule has 0 rings (SSSR count). The highest BCUT2D eigenvalue weighted by Gasteiger charge is 2.44. The van der Waals surface area contributed by atoms with E-state index in [-0.39, 0.29) is 5.97 Å². The summed E-state index contributed by atoms with van der Waals surface area (Å²) in [6.45, 7) is 22.0. The largest absolute Gasteiger partial charge is 0.457 e. The van der Waals surface area contributed by atoms with Crippen LogP contribution >= 0.6 is 0 Å². The lowest BCUT2D eigenvalue weighted by Gasteiger charge is -2.42. The molecule has 23 heavy (non-hydrogen) atoms. The van der Waals surface area contributed by atoms with Gasteiger partial charge in [-0.3, -0.25) is 0 Å². The van der Waals surface area contributed by atoms with Gasteiger partial charge in [-0.05, 0) is 50.7 Å². The smallest absolute Gasteiger partial charge is 0.331 e. The van der Waals surface area contributed by atoms with E-state index in [1.807, 2.05) is 27.7 Å². The van der Waals surface area contributed by atoms with Gasteiger partial charge in [-0.15, -0.1) is 0 Å². The SMILES string of the molecule is C/C(=C\C(=O)OC(C)(C)C)CCO[Si](C(C)C)(C(C)C)C(C)C. The molecule has 0 amide bonds. The van der Waals surface area contributed by atoms with E-state index in [2.05, 4.69) is 41.5 Å². The summed E-state index contributed by atoms with van der Waals surface area (Å²) in [6, 6.07) is 0. The lowest BCUT2D eigenvalue weighted by Crippen LogP contribution is -2.48. The maximum Gasteiger partial charge on any atom is 0.331 e. The van der Waals surface area contributed by atoms with Gasteiger partial charge in [0.25, 0.3) is 0 Å². The van der Waals surface area contributed by atoms with Gasteiger partial charge >= 0.3 is 5.97 Å². The second-order valence-corrected chi connectivity index (χ2v) is 13.9. The van der Waals surface area contributed by atoms with Gasteiger partial charge in [0, 0.05) is 12.7 Å². The Kier molecular flexibility index (Phi) is 8.78. The Morgan fingerprint density at radius 3 is 1.78 bits per heavy atom. The van der Waals surface area contributed by atoms with Crippen LogP contribution in [0.2, 0.25) is 16.6 Å². The highest BCUT2D eigenvalue weighted by Crippen LogP contribution is 2.42. The Balaban J connectivity index is 4.75. The molecule has 0 heterocycles. The topological polar surface area (TPSA) is 35.5 Å². The zero-order valence-electron chi connectivity index (χ0n) is 16.9. The van der Waals surface area contributed by atoms with Crippen LogP contribution in [0.1, 0.15) is 75.7 Å². The van der Waals surface area contributed by atoms with Crippen LogP contribution in [0.15, 0.2) is 11.6 Å². The summed E-state index contributed by atoms with van der Waals surface area (Å²) in [5.74, 6) is -0.268. The number of hydrogen-bond donors (Lipinski definition) is 0. The molecule has 0 atom stereocenters. The van der Waals surface area contributed by atoms with Crippen molar-refractivity contribution in [1.29, 1.82) is 0 Å². The number of ether oxygens (including phenoxy) is 1. The Morgan fingerprint density at radius 1 is 1.00 bits per heavy atom. The average molecular weight is 343 g/mol. The Morgan fingerprint density at radius 2 is 1.43 bits per heavy atom. The fraction of sp³-hybridized carbons (Fsp3) is 0.842. The molecule has 4 heteroatoms. The summed E-state index contributed by atoms with van der Waals surface area (Å²) in [5.41, 5.74) is 2.31. The number of esters is 1. The number of carbonyl (C=O) groups excluding carboxylic acids is 1. The van der Waals surface area contributed by atoms with Gasteiger partial charge < -0.3 is 9.16 Å². The molecule has 0 aliphatic carbocycles. The highest BCUT2D eigenvalue weighted by molar-refractivity contribution is 6.77. The molecule has 0 N–H and O–H groups in total. The fourth-order valence-electron chi connectivity index (χ4n) is 3.49. The van der Waals surface area contributed by atoms with Gasteiger partial charge in [-0.25, -0.2) is 4.79 Å². The normalized spacial score (nSPS) is 14.0. The fourth-order valence-corrected chi connectivity index (χ4v) is 8.95. The van der Waals surface area contributed by atoms with Crippen LogP contribution in [-0.4, -0.2) is 26.5 Å². The maximum atomic E-state index is 11.8. The van der Waals surface area contributed by atoms with E-state index < -0.39 is 13.9 Å². The van der Waals surface area contributed by atoms with E-state index >= 15 is 0 Å². The molecule has 136 valence electrons. The third-order valence-electron chi connectivity index (χ3n) is 4.33. The van der Waals surface area contributed by atoms with Gasteiger partial charge in [0.15, 0.2) is 8.32 Å². The number of hydrogen-bond acceptors (Lipinski definition) is 3. The van der Waals surface area contributed by atoms with Crippen molar-refractivity contribution in [3.05, 3.63) is 11.6 Å². The van der Waals surface area contributed by atoms with Crippen molar-refractivity contribution in [1.82, 2.24) is 0 Å². The molecule has 0 saturated heterocycles. The molecule has 0 aromatic carbocycles. The number of carbonyl (C=O) groups is 1. The molecule has 3 nitrogen and oxygen atoms in total. The second-order valence-electron chi connectivity index (χ2n) is 8.44. The first kappa shape index (κ1) is 22.4. The second kappa shape index (κ2) is 9.02. The Labute approximate surface area is 145 Å². The molecular formula is C19H38O3Si. The van der Waals surface area contributed by atoms with E-state index in [4.69, 9.17) is 9.16 Å². The summed E-state index contributed by atoms with van der Waals surface area (Å²) in [6.07, 6.45) is 2.37. The molecule has 0 saturated carbocycles. The Bertz CT molecular complexity index is 382. The van der Waals surface area contributed by atoms with Crippen molar-refractivity contribution in [2.24, 2.45) is 0 Å². The molecular weight excluding hydrogens is 304 g/mol. The first-order chi connectivity index (χ1) is 10.3. The quantitative estimate of drug-likeness (QED) is 0.315. The van der Waals surface area contributed by atoms with Gasteiger partial charge in [0.05, 0.1) is 0 Å². The molecule has 0 aromatic rings. The van der Waals surface area contributed by atoms with Crippen LogP contribution < -0.4 is 0 Å². The van der Waals surface area contributed by atoms with Crippen LogP contribution in [0.25, 0.3) is 0 Å². The molecule has 0 aliphatic heterocycles. The van der Waals surface area contributed by atoms with Crippen molar-refractivity contribution in [2.45, 2.75) is 97.9 Å². The van der Waals surface area contributed by atoms with E-state index in [1.54, 1.807) is 6.08 Å². The standard InChI is InChI=1S/C19H38O3Si/c1-14(2)23(15(3)4,16(5)6)21-12-11-17(7)13-18(20)22-19(8,9)10/h13-16H,11-12H2,1-10H3/b17-13+. The van der Waals surface area contributed by atoms with E-state index in [1.165, 1.54) is 0 Å². The van der Waals surface area contributed by atoms with Crippen LogP contribution in [0.4, 0.5) is 0 Å². The molecule has 0 fully saturated rings. The highest BCUT2D eigenvalue weighted by atomic mass is 28.4. The zero-order chi connectivity index (χ0) is 18.4. The van der Waals surface area contributed by atoms with Crippen molar-refractivity contribution in [3.8, 4) is 0 Å². The third kappa shape index (κ3) is 7.21. The van der Waals surface area contributed by atoms with Crippen LogP contribution in [0.5, 0.6) is 0 Å². The summed E-state index contributed by atoms with van der Waals surface area (Å²) < 4.78 is 11.8. The van der Waals surface area contributed by atoms with Crippen molar-refractivity contribution >= 4 is 14.3 Å². The monoisotopic (exact) mass is 342 g/mol. The molecule has 0 aromatic heterocycles. The predicted molar refractivity (Wildman–Crippen MR) is 101 cm³/mol. The van der Waals surface area contributed by atoms with E-state index in [9.17, 15) is 4.79 Å². The average Bonchev–Trinajstić information content (AvgIpc) is 2.30. The summed E-state index contributed by atoms with van der Waals surface area (Å²) in [7, 11) is -1.82. The summed E-state index contributed by atoms with van der Waals surface area (Å²) in [4.78, 5) is 11.8. The first-order valence-corrected chi connectivity index (χ1v) is 11.0. The van der Waals surface area contributed by atoms with Crippen molar-refractivity contribution in [2.75, 3.05) is 6.61 Å². The van der Waals surface area contributed by atoms with E-state index in [0.29, 0.717) is 23.2 Å². The predicted octanol–water partition coefficient (Wildman–Crippen LogP) is 5.86. The van der Waals surface area contributed by atoms with Gasteiger partial charge in [0.1, 0.15) is 5.60 Å². The van der Waals surface area contributed by atoms with E-state index in [0.717, 1.165) is 12.0 Å². The minimum atomic E-state index is -1.82.